The molecule has 2 heterocycles. The van der Waals surface area contributed by atoms with Gasteiger partial charge in [0.2, 0.25) is 0 Å². The van der Waals surface area contributed by atoms with E-state index in [0.717, 1.165) is 5.56 Å². The molecule has 0 radical (unpaired) electrons. The van der Waals surface area contributed by atoms with Gasteiger partial charge in [-0.1, -0.05) is 53.5 Å². The Kier molecular flexibility index (Phi) is 4.59. The molecule has 2 aliphatic rings. The van der Waals surface area contributed by atoms with Gasteiger partial charge in [-0.15, -0.1) is 0 Å². The van der Waals surface area contributed by atoms with Crippen LogP contribution < -0.4 is 0 Å². The molecule has 5 nitrogen and oxygen atoms in total. The highest BCUT2D eigenvalue weighted by atomic mass is 35.5. The number of carbonyl (C=O) groups is 1. The lowest BCUT2D eigenvalue weighted by molar-refractivity contribution is -0.159. The standard InChI is InChI=1S/C15H14Cl2O5/c1-8(18)20-12-11-10(7-19-13(12)14(16)17)21-15(22-11)9-5-3-2-4-6-9/h2-6,10-12,15H,7H2,1H3/t10-,11-,12-,15?/m1/s1. The first-order chi connectivity index (χ1) is 10.6. The smallest absolute Gasteiger partial charge is 0.303 e. The van der Waals surface area contributed by atoms with E-state index in [-0.39, 0.29) is 23.0 Å². The van der Waals surface area contributed by atoms with Crippen LogP contribution in [0.4, 0.5) is 0 Å². The Morgan fingerprint density at radius 3 is 2.59 bits per heavy atom. The Labute approximate surface area is 137 Å². The molecule has 7 heteroatoms. The number of benzene rings is 1. The monoisotopic (exact) mass is 344 g/mol. The lowest BCUT2D eigenvalue weighted by Crippen LogP contribution is -2.46. The van der Waals surface area contributed by atoms with E-state index >= 15 is 0 Å². The van der Waals surface area contributed by atoms with Crippen molar-refractivity contribution in [3.8, 4) is 0 Å². The summed E-state index contributed by atoms with van der Waals surface area (Å²) in [5, 5.41) is 0. The highest BCUT2D eigenvalue weighted by molar-refractivity contribution is 6.56. The molecule has 0 spiro atoms. The van der Waals surface area contributed by atoms with E-state index in [4.69, 9.17) is 42.1 Å². The van der Waals surface area contributed by atoms with Gasteiger partial charge in [-0.05, 0) is 0 Å². The summed E-state index contributed by atoms with van der Waals surface area (Å²) in [4.78, 5) is 11.3. The zero-order valence-corrected chi connectivity index (χ0v) is 13.2. The van der Waals surface area contributed by atoms with E-state index in [1.165, 1.54) is 6.92 Å². The van der Waals surface area contributed by atoms with E-state index in [1.807, 2.05) is 30.3 Å². The molecule has 3 rings (SSSR count). The van der Waals surface area contributed by atoms with Gasteiger partial charge in [0.1, 0.15) is 23.3 Å². The molecule has 0 bridgehead atoms. The predicted octanol–water partition coefficient (Wildman–Crippen LogP) is 3.08. The Hall–Kier alpha value is -1.27. The van der Waals surface area contributed by atoms with E-state index in [0.29, 0.717) is 0 Å². The molecule has 0 amide bonds. The fourth-order valence-corrected chi connectivity index (χ4v) is 2.86. The number of fused-ring (bicyclic) bond motifs is 1. The van der Waals surface area contributed by atoms with Crippen molar-refractivity contribution in [2.24, 2.45) is 0 Å². The van der Waals surface area contributed by atoms with Crippen LogP contribution in [0.25, 0.3) is 0 Å². The van der Waals surface area contributed by atoms with Crippen molar-refractivity contribution in [3.63, 3.8) is 0 Å². The molecule has 2 aliphatic heterocycles. The molecule has 0 aromatic heterocycles. The van der Waals surface area contributed by atoms with Crippen LogP contribution >= 0.6 is 23.2 Å². The van der Waals surface area contributed by atoms with E-state index in [1.54, 1.807) is 0 Å². The minimum atomic E-state index is -0.824. The summed E-state index contributed by atoms with van der Waals surface area (Å²) in [6.45, 7) is 1.53. The molecule has 22 heavy (non-hydrogen) atoms. The van der Waals surface area contributed by atoms with Crippen molar-refractivity contribution in [2.75, 3.05) is 6.61 Å². The maximum absolute atomic E-state index is 11.3. The van der Waals surface area contributed by atoms with Crippen molar-refractivity contribution in [3.05, 3.63) is 46.1 Å². The molecule has 1 aromatic carbocycles. The zero-order valence-electron chi connectivity index (χ0n) is 11.7. The predicted molar refractivity (Wildman–Crippen MR) is 79.2 cm³/mol. The number of halogens is 2. The average molecular weight is 345 g/mol. The third kappa shape index (κ3) is 3.08. The molecule has 118 valence electrons. The summed E-state index contributed by atoms with van der Waals surface area (Å²) in [5.74, 6) is -0.287. The van der Waals surface area contributed by atoms with Crippen molar-refractivity contribution in [1.82, 2.24) is 0 Å². The van der Waals surface area contributed by atoms with Crippen LogP contribution in [0.3, 0.4) is 0 Å². The molecule has 0 saturated carbocycles. The highest BCUT2D eigenvalue weighted by Crippen LogP contribution is 2.40. The van der Waals surface area contributed by atoms with Crippen molar-refractivity contribution in [2.45, 2.75) is 31.5 Å². The average Bonchev–Trinajstić information content (AvgIpc) is 2.92. The van der Waals surface area contributed by atoms with Gasteiger partial charge in [-0.3, -0.25) is 4.79 Å². The van der Waals surface area contributed by atoms with Crippen LogP contribution in [-0.2, 0) is 23.7 Å². The van der Waals surface area contributed by atoms with Crippen LogP contribution in [0, 0.1) is 0 Å². The lowest BCUT2D eigenvalue weighted by Gasteiger charge is -2.32. The molecule has 4 atom stereocenters. The summed E-state index contributed by atoms with van der Waals surface area (Å²) in [6, 6.07) is 9.49. The normalized spacial score (nSPS) is 30.4. The SMILES string of the molecule is CC(=O)O[C@H]1C(=C(Cl)Cl)OC[C@H]2OC(c3ccccc3)O[C@H]21. The molecule has 1 aromatic rings. The molecule has 0 N–H and O–H groups in total. The molecule has 2 fully saturated rings. The summed E-state index contributed by atoms with van der Waals surface area (Å²) in [5.41, 5.74) is 0.876. The minimum Gasteiger partial charge on any atom is -0.489 e. The van der Waals surface area contributed by atoms with E-state index in [9.17, 15) is 4.79 Å². The summed E-state index contributed by atoms with van der Waals surface area (Å²) >= 11 is 11.6. The summed E-state index contributed by atoms with van der Waals surface area (Å²) < 4.78 is 22.4. The lowest BCUT2D eigenvalue weighted by atomic mass is 10.0. The maximum Gasteiger partial charge on any atom is 0.303 e. The second-order valence-corrected chi connectivity index (χ2v) is 5.93. The van der Waals surface area contributed by atoms with Crippen molar-refractivity contribution < 1.29 is 23.7 Å². The molecule has 2 saturated heterocycles. The summed E-state index contributed by atoms with van der Waals surface area (Å²) in [6.07, 6.45) is -2.27. The van der Waals surface area contributed by atoms with Crippen molar-refractivity contribution in [1.29, 1.82) is 0 Å². The number of hydrogen-bond acceptors (Lipinski definition) is 5. The third-order valence-electron chi connectivity index (χ3n) is 3.46. The Balaban J connectivity index is 1.84. The molecular formula is C15H14Cl2O5. The topological polar surface area (TPSA) is 54.0 Å². The van der Waals surface area contributed by atoms with Crippen molar-refractivity contribution >= 4 is 29.2 Å². The van der Waals surface area contributed by atoms with Crippen LogP contribution in [0.15, 0.2) is 40.6 Å². The van der Waals surface area contributed by atoms with E-state index < -0.39 is 24.5 Å². The fraction of sp³-hybridized carbons (Fsp3) is 0.400. The number of carbonyl (C=O) groups excluding carboxylic acids is 1. The minimum absolute atomic E-state index is 0.0866. The quantitative estimate of drug-likeness (QED) is 0.771. The first kappa shape index (κ1) is 15.6. The number of hydrogen-bond donors (Lipinski definition) is 0. The van der Waals surface area contributed by atoms with Gasteiger partial charge in [0, 0.05) is 12.5 Å². The Bertz CT molecular complexity index is 585. The van der Waals surface area contributed by atoms with Gasteiger partial charge < -0.3 is 18.9 Å². The molecule has 1 unspecified atom stereocenters. The summed E-state index contributed by atoms with van der Waals surface area (Å²) in [7, 11) is 0. The largest absolute Gasteiger partial charge is 0.489 e. The van der Waals surface area contributed by atoms with Gasteiger partial charge in [-0.25, -0.2) is 0 Å². The maximum atomic E-state index is 11.3. The van der Waals surface area contributed by atoms with Gasteiger partial charge in [0.05, 0.1) is 0 Å². The van der Waals surface area contributed by atoms with Gasteiger partial charge in [0.25, 0.3) is 0 Å². The fourth-order valence-electron chi connectivity index (χ4n) is 2.53. The number of ether oxygens (including phenoxy) is 4. The van der Waals surface area contributed by atoms with Gasteiger partial charge >= 0.3 is 5.97 Å². The van der Waals surface area contributed by atoms with Crippen LogP contribution in [0.1, 0.15) is 18.8 Å². The number of rotatable bonds is 2. The van der Waals surface area contributed by atoms with E-state index in [2.05, 4.69) is 0 Å². The molecule has 0 aliphatic carbocycles. The Morgan fingerprint density at radius 2 is 1.95 bits per heavy atom. The van der Waals surface area contributed by atoms with Crippen LogP contribution in [-0.4, -0.2) is 30.9 Å². The van der Waals surface area contributed by atoms with Crippen LogP contribution in [0.5, 0.6) is 0 Å². The van der Waals surface area contributed by atoms with Gasteiger partial charge in [-0.2, -0.15) is 0 Å². The first-order valence-corrected chi connectivity index (χ1v) is 7.53. The first-order valence-electron chi connectivity index (χ1n) is 6.77. The highest BCUT2D eigenvalue weighted by Gasteiger charge is 2.49. The zero-order chi connectivity index (χ0) is 15.7. The Morgan fingerprint density at radius 1 is 1.23 bits per heavy atom. The molecular weight excluding hydrogens is 331 g/mol. The third-order valence-corrected chi connectivity index (χ3v) is 3.83. The van der Waals surface area contributed by atoms with Gasteiger partial charge in [0.15, 0.2) is 18.2 Å². The second-order valence-electron chi connectivity index (χ2n) is 4.98. The van der Waals surface area contributed by atoms with Crippen LogP contribution in [0.2, 0.25) is 0 Å². The number of esters is 1. The second kappa shape index (κ2) is 6.46.